The molecule has 0 heterocycles. The Balaban J connectivity index is 0.000000294. The average Bonchev–Trinajstić information content (AvgIpc) is 2.77. The van der Waals surface area contributed by atoms with Gasteiger partial charge < -0.3 is 5.73 Å². The van der Waals surface area contributed by atoms with E-state index in [4.69, 9.17) is 11.0 Å². The number of nitrogens with zero attached hydrogens (tertiary/aromatic N) is 3. The van der Waals surface area contributed by atoms with Crippen molar-refractivity contribution in [3.05, 3.63) is 104 Å². The molecule has 0 radical (unpaired) electrons. The maximum Gasteiger partial charge on any atom is 0.271 e. The SMILES string of the molecule is N#Cc1cccc(S(=O)(=O)Cc2cc([N+](=O)[O-])ccc2F)c1.Nc1cc([N+](=O)[O-])ccc1F. The third kappa shape index (κ3) is 6.52. The molecule has 0 unspecified atom stereocenters. The molecule has 2 N–H and O–H groups in total. The Labute approximate surface area is 185 Å². The number of halogens is 2. The fraction of sp³-hybridized carbons (Fsp3) is 0.0500. The average molecular weight is 476 g/mol. The van der Waals surface area contributed by atoms with Crippen molar-refractivity contribution in [3.63, 3.8) is 0 Å². The summed E-state index contributed by atoms with van der Waals surface area (Å²) in [4.78, 5) is 19.3. The van der Waals surface area contributed by atoms with Crippen LogP contribution in [0.1, 0.15) is 11.1 Å². The van der Waals surface area contributed by atoms with Crippen LogP contribution in [0.15, 0.2) is 65.6 Å². The quantitative estimate of drug-likeness (QED) is 0.328. The van der Waals surface area contributed by atoms with E-state index in [9.17, 15) is 37.4 Å². The van der Waals surface area contributed by atoms with E-state index in [1.165, 1.54) is 24.3 Å². The van der Waals surface area contributed by atoms with Crippen LogP contribution in [0.3, 0.4) is 0 Å². The van der Waals surface area contributed by atoms with Gasteiger partial charge in [0, 0.05) is 29.8 Å². The number of nitriles is 1. The molecule has 0 atom stereocenters. The number of benzene rings is 3. The number of nitrogens with two attached hydrogens (primary N) is 1. The lowest BCUT2D eigenvalue weighted by atomic mass is 10.2. The zero-order valence-corrected chi connectivity index (χ0v) is 17.3. The third-order valence-corrected chi connectivity index (χ3v) is 5.76. The first-order valence-electron chi connectivity index (χ1n) is 8.79. The first-order chi connectivity index (χ1) is 15.4. The van der Waals surface area contributed by atoms with Crippen LogP contribution in [0.25, 0.3) is 0 Å². The van der Waals surface area contributed by atoms with Crippen LogP contribution in [0.4, 0.5) is 25.8 Å². The van der Waals surface area contributed by atoms with E-state index in [2.05, 4.69) is 0 Å². The molecule has 0 aliphatic heterocycles. The van der Waals surface area contributed by atoms with E-state index >= 15 is 0 Å². The molecule has 3 rings (SSSR count). The summed E-state index contributed by atoms with van der Waals surface area (Å²) >= 11 is 0. The highest BCUT2D eigenvalue weighted by Crippen LogP contribution is 2.23. The van der Waals surface area contributed by atoms with Gasteiger partial charge in [-0.05, 0) is 30.3 Å². The number of anilines is 1. The van der Waals surface area contributed by atoms with Crippen molar-refractivity contribution in [2.75, 3.05) is 5.73 Å². The van der Waals surface area contributed by atoms with Gasteiger partial charge in [-0.1, -0.05) is 6.07 Å². The van der Waals surface area contributed by atoms with E-state index in [0.717, 1.165) is 36.4 Å². The molecule has 3 aromatic rings. The number of nitro groups is 2. The summed E-state index contributed by atoms with van der Waals surface area (Å²) in [6, 6.07) is 12.8. The van der Waals surface area contributed by atoms with Crippen molar-refractivity contribution in [2.24, 2.45) is 0 Å². The Morgan fingerprint density at radius 3 is 2.03 bits per heavy atom. The molecule has 0 saturated heterocycles. The van der Waals surface area contributed by atoms with Crippen LogP contribution in [0, 0.1) is 43.2 Å². The third-order valence-electron chi connectivity index (χ3n) is 4.10. The summed E-state index contributed by atoms with van der Waals surface area (Å²) < 4.78 is 50.6. The van der Waals surface area contributed by atoms with E-state index < -0.39 is 42.8 Å². The standard InChI is InChI=1S/C14H9FN2O4S.C6H5FN2O2/c15-14-5-4-12(17(18)19)7-11(14)9-22(20,21)13-3-1-2-10(6-13)8-16;7-5-2-1-4(9(10)11)3-6(5)8/h1-7H,9H2;1-3H,8H2. The second-order valence-corrected chi connectivity index (χ2v) is 8.38. The highest BCUT2D eigenvalue weighted by molar-refractivity contribution is 7.90. The molecule has 33 heavy (non-hydrogen) atoms. The lowest BCUT2D eigenvalue weighted by molar-refractivity contribution is -0.385. The van der Waals surface area contributed by atoms with Gasteiger partial charge in [-0.2, -0.15) is 5.26 Å². The highest BCUT2D eigenvalue weighted by Gasteiger charge is 2.20. The monoisotopic (exact) mass is 476 g/mol. The molecule has 10 nitrogen and oxygen atoms in total. The van der Waals surface area contributed by atoms with Crippen LogP contribution in [0.2, 0.25) is 0 Å². The fourth-order valence-electron chi connectivity index (χ4n) is 2.48. The summed E-state index contributed by atoms with van der Waals surface area (Å²) in [5, 5.41) is 29.6. The van der Waals surface area contributed by atoms with Crippen LogP contribution >= 0.6 is 0 Å². The van der Waals surface area contributed by atoms with Crippen molar-refractivity contribution in [1.29, 1.82) is 5.26 Å². The minimum Gasteiger partial charge on any atom is -0.396 e. The summed E-state index contributed by atoms with van der Waals surface area (Å²) in [6.07, 6.45) is 0. The molecule has 0 saturated carbocycles. The lowest BCUT2D eigenvalue weighted by Crippen LogP contribution is -2.07. The smallest absolute Gasteiger partial charge is 0.271 e. The first-order valence-corrected chi connectivity index (χ1v) is 10.4. The highest BCUT2D eigenvalue weighted by atomic mass is 32.2. The first kappa shape index (κ1) is 24.8. The van der Waals surface area contributed by atoms with Gasteiger partial charge in [-0.15, -0.1) is 0 Å². The van der Waals surface area contributed by atoms with Gasteiger partial charge in [-0.25, -0.2) is 17.2 Å². The number of rotatable bonds is 5. The van der Waals surface area contributed by atoms with Crippen LogP contribution in [0.5, 0.6) is 0 Å². The Morgan fingerprint density at radius 2 is 1.48 bits per heavy atom. The maximum absolute atomic E-state index is 13.7. The Morgan fingerprint density at radius 1 is 0.909 bits per heavy atom. The number of hydrogen-bond donors (Lipinski definition) is 1. The van der Waals surface area contributed by atoms with E-state index in [1.807, 2.05) is 6.07 Å². The van der Waals surface area contributed by atoms with E-state index in [0.29, 0.717) is 0 Å². The molecule has 13 heteroatoms. The number of sulfone groups is 1. The zero-order valence-electron chi connectivity index (χ0n) is 16.5. The fourth-order valence-corrected chi connectivity index (χ4v) is 3.87. The minimum absolute atomic E-state index is 0.141. The van der Waals surface area contributed by atoms with Gasteiger partial charge in [0.1, 0.15) is 11.6 Å². The molecule has 0 bridgehead atoms. The van der Waals surface area contributed by atoms with Crippen LogP contribution in [-0.2, 0) is 15.6 Å². The molecule has 170 valence electrons. The summed E-state index contributed by atoms with van der Waals surface area (Å²) in [6.45, 7) is 0. The normalized spacial score (nSPS) is 10.5. The summed E-state index contributed by atoms with van der Waals surface area (Å²) in [5.74, 6) is -2.21. The minimum atomic E-state index is -3.92. The van der Waals surface area contributed by atoms with Gasteiger partial charge in [-0.3, -0.25) is 20.2 Å². The number of non-ortho nitro benzene ring substituents is 2. The van der Waals surface area contributed by atoms with E-state index in [1.54, 1.807) is 0 Å². The second kappa shape index (κ2) is 10.2. The molecule has 0 spiro atoms. The molecule has 3 aromatic carbocycles. The van der Waals surface area contributed by atoms with Crippen molar-refractivity contribution < 1.29 is 27.0 Å². The van der Waals surface area contributed by atoms with Crippen LogP contribution < -0.4 is 5.73 Å². The van der Waals surface area contributed by atoms with Crippen molar-refractivity contribution >= 4 is 26.9 Å². The molecule has 0 aliphatic carbocycles. The molecule has 0 fully saturated rings. The number of nitrogen functional groups attached to an aromatic ring is 1. The van der Waals surface area contributed by atoms with Crippen molar-refractivity contribution in [2.45, 2.75) is 10.6 Å². The predicted molar refractivity (Wildman–Crippen MR) is 113 cm³/mol. The zero-order chi connectivity index (χ0) is 24.8. The van der Waals surface area contributed by atoms with Gasteiger partial charge >= 0.3 is 0 Å². The Hall–Kier alpha value is -4.44. The van der Waals surface area contributed by atoms with Gasteiger partial charge in [0.2, 0.25) is 0 Å². The summed E-state index contributed by atoms with van der Waals surface area (Å²) in [5.41, 5.74) is 4.13. The van der Waals surface area contributed by atoms with E-state index in [-0.39, 0.29) is 27.4 Å². The maximum atomic E-state index is 13.7. The van der Waals surface area contributed by atoms with Crippen molar-refractivity contribution in [1.82, 2.24) is 0 Å². The van der Waals surface area contributed by atoms with Crippen LogP contribution in [-0.4, -0.2) is 18.3 Å². The molecular weight excluding hydrogens is 462 g/mol. The molecule has 0 amide bonds. The van der Waals surface area contributed by atoms with Gasteiger partial charge in [0.05, 0.1) is 37.8 Å². The Bertz CT molecular complexity index is 1370. The topological polar surface area (TPSA) is 170 Å². The largest absolute Gasteiger partial charge is 0.396 e. The van der Waals surface area contributed by atoms with Gasteiger partial charge in [0.15, 0.2) is 9.84 Å². The summed E-state index contributed by atoms with van der Waals surface area (Å²) in [7, 11) is -3.92. The van der Waals surface area contributed by atoms with Gasteiger partial charge in [0.25, 0.3) is 11.4 Å². The number of nitro benzene ring substituents is 2. The predicted octanol–water partition coefficient (Wildman–Crippen LogP) is 3.90. The lowest BCUT2D eigenvalue weighted by Gasteiger charge is -2.06. The molecule has 0 aromatic heterocycles. The van der Waals surface area contributed by atoms with Crippen molar-refractivity contribution in [3.8, 4) is 6.07 Å². The molecular formula is C20H14F2N4O6S. The second-order valence-electron chi connectivity index (χ2n) is 6.39. The number of hydrogen-bond acceptors (Lipinski definition) is 8. The Kier molecular flexibility index (Phi) is 7.71. The molecule has 0 aliphatic rings.